The van der Waals surface area contributed by atoms with Crippen molar-refractivity contribution in [3.63, 3.8) is 0 Å². The van der Waals surface area contributed by atoms with Crippen molar-refractivity contribution >= 4 is 9.84 Å². The minimum atomic E-state index is -3.06. The highest BCUT2D eigenvalue weighted by Crippen LogP contribution is 2.11. The van der Waals surface area contributed by atoms with Crippen molar-refractivity contribution in [1.29, 1.82) is 0 Å². The number of benzene rings is 1. The second-order valence-electron chi connectivity index (χ2n) is 4.32. The van der Waals surface area contributed by atoms with Gasteiger partial charge in [0.15, 0.2) is 9.84 Å². The van der Waals surface area contributed by atoms with Crippen LogP contribution < -0.4 is 0 Å². The van der Waals surface area contributed by atoms with Gasteiger partial charge >= 0.3 is 0 Å². The van der Waals surface area contributed by atoms with Crippen LogP contribution in [-0.2, 0) is 16.3 Å². The lowest BCUT2D eigenvalue weighted by molar-refractivity contribution is 0.400. The van der Waals surface area contributed by atoms with Crippen LogP contribution in [0.3, 0.4) is 0 Å². The Morgan fingerprint density at radius 1 is 1.12 bits per heavy atom. The molecule has 90 valence electrons. The maximum atomic E-state index is 11.2. The third kappa shape index (κ3) is 4.33. The minimum absolute atomic E-state index is 0.392. The molecule has 0 fully saturated rings. The smallest absolute Gasteiger partial charge is 0.175 e. The molecule has 0 spiro atoms. The van der Waals surface area contributed by atoms with Crippen molar-refractivity contribution in [2.75, 3.05) is 26.9 Å². The van der Waals surface area contributed by atoms with E-state index in [0.29, 0.717) is 4.90 Å². The highest BCUT2D eigenvalue weighted by atomic mass is 32.2. The Bertz CT molecular complexity index is 421. The van der Waals surface area contributed by atoms with E-state index in [1.54, 1.807) is 12.1 Å². The summed E-state index contributed by atoms with van der Waals surface area (Å²) in [5.74, 6) is 0. The van der Waals surface area contributed by atoms with Crippen molar-refractivity contribution in [2.24, 2.45) is 0 Å². The normalized spacial score (nSPS) is 12.0. The van der Waals surface area contributed by atoms with Crippen LogP contribution in [0.1, 0.15) is 12.0 Å². The van der Waals surface area contributed by atoms with Gasteiger partial charge in [-0.1, -0.05) is 12.1 Å². The summed E-state index contributed by atoms with van der Waals surface area (Å²) in [7, 11) is 1.03. The predicted octanol–water partition coefficient (Wildman–Crippen LogP) is 1.58. The number of sulfone groups is 1. The standard InChI is InChI=1S/C12H19NO2S/c1-13(2)10-4-5-11-6-8-12(9-7-11)16(3,14)15/h6-9H,4-5,10H2,1-3H3. The summed E-state index contributed by atoms with van der Waals surface area (Å²) < 4.78 is 22.5. The van der Waals surface area contributed by atoms with Gasteiger partial charge in [0.05, 0.1) is 4.90 Å². The molecular weight excluding hydrogens is 222 g/mol. The van der Waals surface area contributed by atoms with Crippen molar-refractivity contribution in [1.82, 2.24) is 4.90 Å². The molecule has 1 aromatic rings. The van der Waals surface area contributed by atoms with Crippen molar-refractivity contribution in [3.8, 4) is 0 Å². The molecule has 1 aromatic carbocycles. The maximum Gasteiger partial charge on any atom is 0.175 e. The van der Waals surface area contributed by atoms with Gasteiger partial charge in [0.2, 0.25) is 0 Å². The number of hydrogen-bond donors (Lipinski definition) is 0. The fraction of sp³-hybridized carbons (Fsp3) is 0.500. The second kappa shape index (κ2) is 5.46. The molecule has 4 heteroatoms. The van der Waals surface area contributed by atoms with E-state index in [4.69, 9.17) is 0 Å². The summed E-state index contributed by atoms with van der Waals surface area (Å²) in [4.78, 5) is 2.54. The molecule has 0 atom stereocenters. The fourth-order valence-corrected chi connectivity index (χ4v) is 2.13. The molecular formula is C12H19NO2S. The van der Waals surface area contributed by atoms with Crippen LogP contribution >= 0.6 is 0 Å². The first-order chi connectivity index (χ1) is 7.39. The molecule has 0 bridgehead atoms. The summed E-state index contributed by atoms with van der Waals surface area (Å²) in [6, 6.07) is 7.15. The Kier molecular flexibility index (Phi) is 4.50. The van der Waals surface area contributed by atoms with Gasteiger partial charge in [-0.25, -0.2) is 8.42 Å². The first-order valence-corrected chi connectivity index (χ1v) is 7.22. The van der Waals surface area contributed by atoms with E-state index in [-0.39, 0.29) is 0 Å². The van der Waals surface area contributed by atoms with E-state index in [2.05, 4.69) is 4.90 Å². The van der Waals surface area contributed by atoms with E-state index >= 15 is 0 Å². The van der Waals surface area contributed by atoms with E-state index in [1.807, 2.05) is 26.2 Å². The Balaban J connectivity index is 2.59. The first kappa shape index (κ1) is 13.2. The number of hydrogen-bond acceptors (Lipinski definition) is 3. The van der Waals surface area contributed by atoms with E-state index in [0.717, 1.165) is 19.4 Å². The Hall–Kier alpha value is -0.870. The van der Waals surface area contributed by atoms with Crippen LogP contribution in [0.5, 0.6) is 0 Å². The molecule has 16 heavy (non-hydrogen) atoms. The van der Waals surface area contributed by atoms with Crippen LogP contribution in [0.15, 0.2) is 29.2 Å². The highest BCUT2D eigenvalue weighted by Gasteiger charge is 2.05. The molecule has 0 saturated heterocycles. The van der Waals surface area contributed by atoms with Gasteiger partial charge in [-0.05, 0) is 51.2 Å². The van der Waals surface area contributed by atoms with E-state index < -0.39 is 9.84 Å². The van der Waals surface area contributed by atoms with Crippen molar-refractivity contribution < 1.29 is 8.42 Å². The predicted molar refractivity (Wildman–Crippen MR) is 66.4 cm³/mol. The van der Waals surface area contributed by atoms with Gasteiger partial charge in [0.1, 0.15) is 0 Å². The van der Waals surface area contributed by atoms with Crippen LogP contribution in [0.2, 0.25) is 0 Å². The van der Waals surface area contributed by atoms with Gasteiger partial charge in [0, 0.05) is 6.26 Å². The van der Waals surface area contributed by atoms with Crippen molar-refractivity contribution in [2.45, 2.75) is 17.7 Å². The fourth-order valence-electron chi connectivity index (χ4n) is 1.50. The summed E-state index contributed by atoms with van der Waals surface area (Å²) in [6.07, 6.45) is 3.31. The van der Waals surface area contributed by atoms with Gasteiger partial charge in [0.25, 0.3) is 0 Å². The highest BCUT2D eigenvalue weighted by molar-refractivity contribution is 7.90. The summed E-state index contributed by atoms with van der Waals surface area (Å²) in [6.45, 7) is 1.05. The molecule has 0 amide bonds. The lowest BCUT2D eigenvalue weighted by atomic mass is 10.1. The number of rotatable bonds is 5. The zero-order valence-corrected chi connectivity index (χ0v) is 10.9. The van der Waals surface area contributed by atoms with Gasteiger partial charge in [-0.3, -0.25) is 0 Å². The molecule has 0 aliphatic rings. The summed E-state index contributed by atoms with van der Waals surface area (Å²) in [5, 5.41) is 0. The molecule has 0 radical (unpaired) electrons. The average molecular weight is 241 g/mol. The second-order valence-corrected chi connectivity index (χ2v) is 6.34. The zero-order valence-electron chi connectivity index (χ0n) is 10.1. The quantitative estimate of drug-likeness (QED) is 0.785. The number of nitrogens with zero attached hydrogens (tertiary/aromatic N) is 1. The molecule has 1 rings (SSSR count). The monoisotopic (exact) mass is 241 g/mol. The lowest BCUT2D eigenvalue weighted by Gasteiger charge is -2.09. The molecule has 0 aromatic heterocycles. The van der Waals surface area contributed by atoms with Gasteiger partial charge in [-0.15, -0.1) is 0 Å². The number of aryl methyl sites for hydroxylation is 1. The molecule has 0 heterocycles. The molecule has 0 unspecified atom stereocenters. The van der Waals surface area contributed by atoms with Crippen molar-refractivity contribution in [3.05, 3.63) is 29.8 Å². The Morgan fingerprint density at radius 3 is 2.12 bits per heavy atom. The van der Waals surface area contributed by atoms with Crippen LogP contribution in [0.4, 0.5) is 0 Å². The minimum Gasteiger partial charge on any atom is -0.309 e. The summed E-state index contributed by atoms with van der Waals surface area (Å²) in [5.41, 5.74) is 1.19. The third-order valence-electron chi connectivity index (χ3n) is 2.42. The molecule has 0 aliphatic carbocycles. The molecule has 3 nitrogen and oxygen atoms in total. The first-order valence-electron chi connectivity index (χ1n) is 5.33. The molecule has 0 aliphatic heterocycles. The topological polar surface area (TPSA) is 37.4 Å². The molecule has 0 saturated carbocycles. The maximum absolute atomic E-state index is 11.2. The lowest BCUT2D eigenvalue weighted by Crippen LogP contribution is -2.13. The van der Waals surface area contributed by atoms with Gasteiger partial charge < -0.3 is 4.90 Å². The van der Waals surface area contributed by atoms with E-state index in [9.17, 15) is 8.42 Å². The van der Waals surface area contributed by atoms with Gasteiger partial charge in [-0.2, -0.15) is 0 Å². The Labute approximate surface area is 98.0 Å². The third-order valence-corrected chi connectivity index (χ3v) is 3.55. The Morgan fingerprint density at radius 2 is 1.69 bits per heavy atom. The van der Waals surface area contributed by atoms with Crippen LogP contribution in [0, 0.1) is 0 Å². The van der Waals surface area contributed by atoms with E-state index in [1.165, 1.54) is 11.8 Å². The SMILES string of the molecule is CN(C)CCCc1ccc(S(C)(=O)=O)cc1. The van der Waals surface area contributed by atoms with Crippen LogP contribution in [-0.4, -0.2) is 40.2 Å². The molecule has 0 N–H and O–H groups in total. The average Bonchev–Trinajstić information content (AvgIpc) is 2.16. The zero-order chi connectivity index (χ0) is 12.2. The van der Waals surface area contributed by atoms with Crippen LogP contribution in [0.25, 0.3) is 0 Å². The largest absolute Gasteiger partial charge is 0.309 e. The summed E-state index contributed by atoms with van der Waals surface area (Å²) >= 11 is 0.